The SMILES string of the molecule is C=CC(=O)NC(COC(C)=O)c1ccccc1. The molecule has 1 unspecified atom stereocenters. The largest absolute Gasteiger partial charge is 0.463 e. The molecular formula is C13H15NO3. The molecule has 17 heavy (non-hydrogen) atoms. The highest BCUT2D eigenvalue weighted by atomic mass is 16.5. The van der Waals surface area contributed by atoms with Crippen LogP contribution in [0.2, 0.25) is 0 Å². The van der Waals surface area contributed by atoms with Crippen molar-refractivity contribution in [1.29, 1.82) is 0 Å². The van der Waals surface area contributed by atoms with E-state index in [1.807, 2.05) is 30.3 Å². The molecular weight excluding hydrogens is 218 g/mol. The van der Waals surface area contributed by atoms with E-state index in [0.717, 1.165) is 5.56 Å². The highest BCUT2D eigenvalue weighted by molar-refractivity contribution is 5.87. The van der Waals surface area contributed by atoms with Crippen LogP contribution in [0.5, 0.6) is 0 Å². The van der Waals surface area contributed by atoms with Gasteiger partial charge in [0.2, 0.25) is 5.91 Å². The maximum absolute atomic E-state index is 11.3. The summed E-state index contributed by atoms with van der Waals surface area (Å²) in [6.07, 6.45) is 1.18. The molecule has 1 atom stereocenters. The third-order valence-electron chi connectivity index (χ3n) is 2.16. The Kier molecular flexibility index (Phi) is 4.94. The molecule has 90 valence electrons. The smallest absolute Gasteiger partial charge is 0.302 e. The van der Waals surface area contributed by atoms with Gasteiger partial charge < -0.3 is 10.1 Å². The molecule has 1 aromatic carbocycles. The fourth-order valence-electron chi connectivity index (χ4n) is 1.34. The minimum Gasteiger partial charge on any atom is -0.463 e. The standard InChI is InChI=1S/C13H15NO3/c1-3-13(16)14-12(9-17-10(2)15)11-7-5-4-6-8-11/h3-8,12H,1,9H2,2H3,(H,14,16). The zero-order valence-electron chi connectivity index (χ0n) is 9.68. The van der Waals surface area contributed by atoms with Crippen molar-refractivity contribution >= 4 is 11.9 Å². The van der Waals surface area contributed by atoms with Crippen LogP contribution in [0.4, 0.5) is 0 Å². The first-order valence-corrected chi connectivity index (χ1v) is 5.24. The van der Waals surface area contributed by atoms with Crippen LogP contribution in [-0.2, 0) is 14.3 Å². The van der Waals surface area contributed by atoms with Gasteiger partial charge >= 0.3 is 5.97 Å². The molecule has 0 bridgehead atoms. The molecule has 1 aromatic rings. The molecule has 0 saturated heterocycles. The number of carbonyl (C=O) groups is 2. The Morgan fingerprint density at radius 3 is 2.59 bits per heavy atom. The van der Waals surface area contributed by atoms with E-state index in [4.69, 9.17) is 4.74 Å². The van der Waals surface area contributed by atoms with Gasteiger partial charge in [-0.05, 0) is 11.6 Å². The molecule has 0 fully saturated rings. The van der Waals surface area contributed by atoms with Crippen molar-refractivity contribution in [3.63, 3.8) is 0 Å². The molecule has 1 amide bonds. The van der Waals surface area contributed by atoms with Crippen molar-refractivity contribution in [2.45, 2.75) is 13.0 Å². The third-order valence-corrected chi connectivity index (χ3v) is 2.16. The van der Waals surface area contributed by atoms with Crippen LogP contribution in [0.1, 0.15) is 18.5 Å². The predicted molar refractivity (Wildman–Crippen MR) is 64.2 cm³/mol. The van der Waals surface area contributed by atoms with Crippen molar-refractivity contribution < 1.29 is 14.3 Å². The highest BCUT2D eigenvalue weighted by Crippen LogP contribution is 2.12. The molecule has 0 heterocycles. The zero-order valence-corrected chi connectivity index (χ0v) is 9.68. The fraction of sp³-hybridized carbons (Fsp3) is 0.231. The topological polar surface area (TPSA) is 55.4 Å². The second-order valence-electron chi connectivity index (χ2n) is 3.48. The quantitative estimate of drug-likeness (QED) is 0.620. The van der Waals surface area contributed by atoms with Gasteiger partial charge in [0.15, 0.2) is 0 Å². The minimum absolute atomic E-state index is 0.110. The number of carbonyl (C=O) groups excluding carboxylic acids is 2. The molecule has 0 spiro atoms. The Morgan fingerprint density at radius 1 is 1.41 bits per heavy atom. The Hall–Kier alpha value is -2.10. The summed E-state index contributed by atoms with van der Waals surface area (Å²) < 4.78 is 4.92. The van der Waals surface area contributed by atoms with E-state index < -0.39 is 0 Å². The van der Waals surface area contributed by atoms with Gasteiger partial charge in [-0.2, -0.15) is 0 Å². The Labute approximate surface area is 100 Å². The van der Waals surface area contributed by atoms with E-state index in [-0.39, 0.29) is 24.5 Å². The lowest BCUT2D eigenvalue weighted by Crippen LogP contribution is -2.30. The van der Waals surface area contributed by atoms with Gasteiger partial charge in [-0.3, -0.25) is 9.59 Å². The van der Waals surface area contributed by atoms with Gasteiger partial charge in [0, 0.05) is 6.92 Å². The molecule has 1 rings (SSSR count). The summed E-state index contributed by atoms with van der Waals surface area (Å²) in [6.45, 7) is 4.82. The number of ether oxygens (including phenoxy) is 1. The number of hydrogen-bond acceptors (Lipinski definition) is 3. The summed E-state index contributed by atoms with van der Waals surface area (Å²) in [7, 11) is 0. The van der Waals surface area contributed by atoms with Gasteiger partial charge in [-0.1, -0.05) is 36.9 Å². The summed E-state index contributed by atoms with van der Waals surface area (Å²) >= 11 is 0. The summed E-state index contributed by atoms with van der Waals surface area (Å²) in [4.78, 5) is 22.1. The summed E-state index contributed by atoms with van der Waals surface area (Å²) in [5.41, 5.74) is 0.879. The lowest BCUT2D eigenvalue weighted by Gasteiger charge is -2.17. The minimum atomic E-state index is -0.376. The van der Waals surface area contributed by atoms with Crippen LogP contribution in [0.3, 0.4) is 0 Å². The Balaban J connectivity index is 2.75. The second kappa shape index (κ2) is 6.48. The predicted octanol–water partition coefficient (Wildman–Crippen LogP) is 1.59. The molecule has 0 aliphatic heterocycles. The van der Waals surface area contributed by atoms with Crippen LogP contribution in [0.15, 0.2) is 43.0 Å². The molecule has 0 aliphatic rings. The van der Waals surface area contributed by atoms with Crippen LogP contribution in [-0.4, -0.2) is 18.5 Å². The van der Waals surface area contributed by atoms with Crippen LogP contribution in [0.25, 0.3) is 0 Å². The molecule has 0 radical (unpaired) electrons. The lowest BCUT2D eigenvalue weighted by molar-refractivity contribution is -0.142. The van der Waals surface area contributed by atoms with Crippen LogP contribution in [0, 0.1) is 0 Å². The number of esters is 1. The van der Waals surface area contributed by atoms with Crippen molar-refractivity contribution in [2.24, 2.45) is 0 Å². The number of nitrogens with one attached hydrogen (secondary N) is 1. The fourth-order valence-corrected chi connectivity index (χ4v) is 1.34. The van der Waals surface area contributed by atoms with Gasteiger partial charge in [-0.25, -0.2) is 0 Å². The molecule has 1 N–H and O–H groups in total. The van der Waals surface area contributed by atoms with Gasteiger partial charge in [0.05, 0.1) is 6.04 Å². The first-order valence-electron chi connectivity index (χ1n) is 5.24. The number of benzene rings is 1. The normalized spacial score (nSPS) is 11.4. The number of hydrogen-bond donors (Lipinski definition) is 1. The summed E-state index contributed by atoms with van der Waals surface area (Å²) in [5, 5.41) is 2.70. The van der Waals surface area contributed by atoms with E-state index in [0.29, 0.717) is 0 Å². The highest BCUT2D eigenvalue weighted by Gasteiger charge is 2.14. The molecule has 0 aliphatic carbocycles. The van der Waals surface area contributed by atoms with Crippen molar-refractivity contribution in [1.82, 2.24) is 5.32 Å². The number of rotatable bonds is 5. The van der Waals surface area contributed by atoms with Gasteiger partial charge in [0.1, 0.15) is 6.61 Å². The monoisotopic (exact) mass is 233 g/mol. The van der Waals surface area contributed by atoms with Crippen LogP contribution >= 0.6 is 0 Å². The Bertz CT molecular complexity index is 400. The van der Waals surface area contributed by atoms with E-state index in [1.165, 1.54) is 13.0 Å². The molecule has 4 nitrogen and oxygen atoms in total. The first-order chi connectivity index (χ1) is 8.13. The van der Waals surface area contributed by atoms with Gasteiger partial charge in [-0.15, -0.1) is 0 Å². The Morgan fingerprint density at radius 2 is 2.06 bits per heavy atom. The lowest BCUT2D eigenvalue weighted by atomic mass is 10.1. The number of amides is 1. The van der Waals surface area contributed by atoms with Crippen LogP contribution < -0.4 is 5.32 Å². The molecule has 0 aromatic heterocycles. The summed E-state index contributed by atoms with van der Waals surface area (Å²) in [6, 6.07) is 8.95. The first kappa shape index (κ1) is 13.0. The molecule has 4 heteroatoms. The third kappa shape index (κ3) is 4.51. The van der Waals surface area contributed by atoms with E-state index in [9.17, 15) is 9.59 Å². The maximum Gasteiger partial charge on any atom is 0.302 e. The van der Waals surface area contributed by atoms with Crippen molar-refractivity contribution in [3.8, 4) is 0 Å². The van der Waals surface area contributed by atoms with E-state index in [2.05, 4.69) is 11.9 Å². The van der Waals surface area contributed by atoms with E-state index in [1.54, 1.807) is 0 Å². The maximum atomic E-state index is 11.3. The van der Waals surface area contributed by atoms with Crippen molar-refractivity contribution in [3.05, 3.63) is 48.6 Å². The van der Waals surface area contributed by atoms with Crippen molar-refractivity contribution in [2.75, 3.05) is 6.61 Å². The average molecular weight is 233 g/mol. The summed E-state index contributed by atoms with van der Waals surface area (Å²) in [5.74, 6) is -0.676. The zero-order chi connectivity index (χ0) is 12.7. The molecule has 0 saturated carbocycles. The average Bonchev–Trinajstić information content (AvgIpc) is 2.35. The van der Waals surface area contributed by atoms with E-state index >= 15 is 0 Å². The second-order valence-corrected chi connectivity index (χ2v) is 3.48. The van der Waals surface area contributed by atoms with Gasteiger partial charge in [0.25, 0.3) is 0 Å².